The molecule has 2 atom stereocenters. The number of alkyl halides is 6. The summed E-state index contributed by atoms with van der Waals surface area (Å²) in [5.74, 6) is -7.22. The first-order valence-corrected chi connectivity index (χ1v) is 8.52. The molecule has 0 aromatic heterocycles. The summed E-state index contributed by atoms with van der Waals surface area (Å²) in [7, 11) is 0. The Bertz CT molecular complexity index is 457. The zero-order valence-electron chi connectivity index (χ0n) is 15.4. The maximum atomic E-state index is 13.5. The van der Waals surface area contributed by atoms with Crippen molar-refractivity contribution in [3.63, 3.8) is 0 Å². The Balaban J connectivity index is 5.88. The molecule has 0 N–H and O–H groups in total. The molecule has 0 saturated heterocycles. The Hall–Kier alpha value is -1.48. The molecule has 0 radical (unpaired) electrons. The fraction of sp³-hybridized carbons (Fsp3) is 0.875. The lowest BCUT2D eigenvalue weighted by Gasteiger charge is -2.33. The van der Waals surface area contributed by atoms with Gasteiger partial charge in [-0.25, -0.2) is 0 Å². The summed E-state index contributed by atoms with van der Waals surface area (Å²) in [6.07, 6.45) is -13.2. The van der Waals surface area contributed by atoms with Crippen molar-refractivity contribution in [3.05, 3.63) is 0 Å². The van der Waals surface area contributed by atoms with Crippen molar-refractivity contribution >= 4 is 11.8 Å². The Morgan fingerprint density at radius 3 is 1.54 bits per heavy atom. The molecule has 0 heterocycles. The topological polar surface area (TPSA) is 40.6 Å². The lowest BCUT2D eigenvalue weighted by atomic mass is 9.84. The van der Waals surface area contributed by atoms with Crippen molar-refractivity contribution in [3.8, 4) is 0 Å². The minimum atomic E-state index is -5.11. The smallest absolute Gasteiger partial charge is 0.343 e. The zero-order chi connectivity index (χ0) is 20.7. The predicted molar refractivity (Wildman–Crippen MR) is 84.2 cm³/mol. The van der Waals surface area contributed by atoms with Crippen LogP contribution in [0.25, 0.3) is 0 Å². The van der Waals surface area contributed by atoms with Gasteiger partial charge in [0.05, 0.1) is 18.3 Å². The molecule has 0 aliphatic heterocycles. The van der Waals surface area contributed by atoms with Gasteiger partial charge in [0.15, 0.2) is 0 Å². The molecule has 2 amide bonds. The van der Waals surface area contributed by atoms with E-state index in [2.05, 4.69) is 0 Å². The summed E-state index contributed by atoms with van der Waals surface area (Å²) >= 11 is 0. The van der Waals surface area contributed by atoms with Gasteiger partial charge in [-0.3, -0.25) is 9.59 Å². The van der Waals surface area contributed by atoms with Crippen LogP contribution in [0.5, 0.6) is 0 Å². The summed E-state index contributed by atoms with van der Waals surface area (Å²) in [4.78, 5) is 26.5. The van der Waals surface area contributed by atoms with Crippen LogP contribution in [-0.4, -0.2) is 60.1 Å². The van der Waals surface area contributed by atoms with Crippen molar-refractivity contribution in [2.24, 2.45) is 11.8 Å². The number of amides is 2. The van der Waals surface area contributed by atoms with Crippen LogP contribution in [0.2, 0.25) is 0 Å². The van der Waals surface area contributed by atoms with Crippen molar-refractivity contribution in [1.29, 1.82) is 0 Å². The minimum Gasteiger partial charge on any atom is -0.343 e. The molecule has 0 aromatic rings. The fourth-order valence-electron chi connectivity index (χ4n) is 2.80. The van der Waals surface area contributed by atoms with Gasteiger partial charge >= 0.3 is 12.4 Å². The molecule has 26 heavy (non-hydrogen) atoms. The lowest BCUT2D eigenvalue weighted by Crippen LogP contribution is -2.47. The second-order valence-electron chi connectivity index (χ2n) is 5.85. The molecule has 0 rings (SSSR count). The molecule has 0 saturated carbocycles. The average Bonchev–Trinajstić information content (AvgIpc) is 2.50. The highest BCUT2D eigenvalue weighted by molar-refractivity contribution is 5.81. The van der Waals surface area contributed by atoms with E-state index >= 15 is 0 Å². The van der Waals surface area contributed by atoms with E-state index in [1.54, 1.807) is 13.8 Å². The van der Waals surface area contributed by atoms with Crippen LogP contribution < -0.4 is 0 Å². The third-order valence-corrected chi connectivity index (χ3v) is 4.26. The number of hydrogen-bond donors (Lipinski definition) is 0. The van der Waals surface area contributed by atoms with Gasteiger partial charge in [-0.2, -0.15) is 26.3 Å². The molecule has 0 aliphatic rings. The highest BCUT2D eigenvalue weighted by Gasteiger charge is 2.52. The monoisotopic (exact) mass is 392 g/mol. The van der Waals surface area contributed by atoms with E-state index in [-0.39, 0.29) is 26.2 Å². The van der Waals surface area contributed by atoms with Crippen LogP contribution in [0.3, 0.4) is 0 Å². The molecule has 154 valence electrons. The van der Waals surface area contributed by atoms with E-state index in [1.807, 2.05) is 0 Å². The highest BCUT2D eigenvalue weighted by Crippen LogP contribution is 2.41. The maximum Gasteiger partial charge on any atom is 0.393 e. The first kappa shape index (κ1) is 24.5. The molecule has 0 fully saturated rings. The normalized spacial score (nSPS) is 14.7. The van der Waals surface area contributed by atoms with Gasteiger partial charge in [-0.1, -0.05) is 0 Å². The van der Waals surface area contributed by atoms with Crippen LogP contribution in [0, 0.1) is 11.8 Å². The van der Waals surface area contributed by atoms with E-state index < -0.39 is 48.8 Å². The van der Waals surface area contributed by atoms with Gasteiger partial charge in [-0.15, -0.1) is 0 Å². The molecule has 0 aliphatic carbocycles. The predicted octanol–water partition coefficient (Wildman–Crippen LogP) is 3.86. The Labute approximate surface area is 149 Å². The van der Waals surface area contributed by atoms with Crippen LogP contribution >= 0.6 is 0 Å². The van der Waals surface area contributed by atoms with Crippen molar-refractivity contribution in [1.82, 2.24) is 9.80 Å². The molecule has 0 bridgehead atoms. The number of halogens is 6. The first-order valence-electron chi connectivity index (χ1n) is 8.52. The molecular formula is C16H26F6N2O2. The summed E-state index contributed by atoms with van der Waals surface area (Å²) in [5, 5.41) is 0. The second kappa shape index (κ2) is 10.0. The van der Waals surface area contributed by atoms with Crippen LogP contribution in [0.15, 0.2) is 0 Å². The largest absolute Gasteiger partial charge is 0.393 e. The van der Waals surface area contributed by atoms with Crippen molar-refractivity contribution < 1.29 is 35.9 Å². The van der Waals surface area contributed by atoms with E-state index in [4.69, 9.17) is 0 Å². The third kappa shape index (κ3) is 7.41. The number of rotatable bonds is 9. The fourth-order valence-corrected chi connectivity index (χ4v) is 2.80. The standard InChI is InChI=1S/C16H26F6N2O2/c1-5-23(6-2)13(25)9-12(16(20,21)22)11(10-15(17,18)19)14(26)24(7-3)8-4/h11-12H,5-10H2,1-4H3/t11-,12+/m0/s1. The molecular weight excluding hydrogens is 366 g/mol. The number of carbonyl (C=O) groups is 2. The zero-order valence-corrected chi connectivity index (χ0v) is 15.4. The van der Waals surface area contributed by atoms with E-state index in [0.29, 0.717) is 0 Å². The molecule has 0 unspecified atom stereocenters. The number of carbonyl (C=O) groups excluding carboxylic acids is 2. The molecule has 4 nitrogen and oxygen atoms in total. The van der Waals surface area contributed by atoms with Gasteiger partial charge in [0.25, 0.3) is 0 Å². The number of nitrogens with zero attached hydrogens (tertiary/aromatic N) is 2. The summed E-state index contributed by atoms with van der Waals surface area (Å²) < 4.78 is 79.1. The van der Waals surface area contributed by atoms with E-state index in [9.17, 15) is 35.9 Å². The van der Waals surface area contributed by atoms with Crippen molar-refractivity contribution in [2.75, 3.05) is 26.2 Å². The van der Waals surface area contributed by atoms with Gasteiger partial charge in [-0.05, 0) is 27.7 Å². The van der Waals surface area contributed by atoms with E-state index in [1.165, 1.54) is 13.8 Å². The molecule has 0 aromatic carbocycles. The van der Waals surface area contributed by atoms with Crippen LogP contribution in [0.1, 0.15) is 40.5 Å². The third-order valence-electron chi connectivity index (χ3n) is 4.26. The average molecular weight is 392 g/mol. The lowest BCUT2D eigenvalue weighted by molar-refractivity contribution is -0.214. The summed E-state index contributed by atoms with van der Waals surface area (Å²) in [6.45, 7) is 6.28. The maximum absolute atomic E-state index is 13.5. The van der Waals surface area contributed by atoms with Gasteiger partial charge in [0, 0.05) is 32.6 Å². The van der Waals surface area contributed by atoms with Crippen LogP contribution in [0.4, 0.5) is 26.3 Å². The second-order valence-corrected chi connectivity index (χ2v) is 5.85. The quantitative estimate of drug-likeness (QED) is 0.559. The van der Waals surface area contributed by atoms with E-state index in [0.717, 1.165) is 9.80 Å². The SMILES string of the molecule is CCN(CC)C(=O)C[C@H]([C@H](CC(F)(F)F)C(=O)N(CC)CC)C(F)(F)F. The van der Waals surface area contributed by atoms with Gasteiger partial charge < -0.3 is 9.80 Å². The summed E-state index contributed by atoms with van der Waals surface area (Å²) in [6, 6.07) is 0. The van der Waals surface area contributed by atoms with Crippen LogP contribution in [-0.2, 0) is 9.59 Å². The van der Waals surface area contributed by atoms with Gasteiger partial charge in [0.1, 0.15) is 0 Å². The molecule has 0 spiro atoms. The highest BCUT2D eigenvalue weighted by atomic mass is 19.4. The Morgan fingerprint density at radius 2 is 1.23 bits per heavy atom. The Kier molecular flexibility index (Phi) is 9.44. The minimum absolute atomic E-state index is 0.0156. The van der Waals surface area contributed by atoms with Crippen molar-refractivity contribution in [2.45, 2.75) is 52.9 Å². The summed E-state index contributed by atoms with van der Waals surface area (Å²) in [5.41, 5.74) is 0. The Morgan fingerprint density at radius 1 is 0.808 bits per heavy atom. The first-order chi connectivity index (χ1) is 11.8. The molecule has 10 heteroatoms. The van der Waals surface area contributed by atoms with Gasteiger partial charge in [0.2, 0.25) is 11.8 Å². The number of hydrogen-bond acceptors (Lipinski definition) is 2.